The van der Waals surface area contributed by atoms with E-state index >= 15 is 0 Å². The van der Waals surface area contributed by atoms with Crippen molar-refractivity contribution in [2.75, 3.05) is 25.6 Å². The van der Waals surface area contributed by atoms with Crippen molar-refractivity contribution in [3.8, 4) is 0 Å². The van der Waals surface area contributed by atoms with Crippen LogP contribution in [0.4, 0.5) is 0 Å². The Morgan fingerprint density at radius 2 is 2.00 bits per heavy atom. The molecule has 0 amide bonds. The molecule has 2 unspecified atom stereocenters. The molecule has 24 heavy (non-hydrogen) atoms. The lowest BCUT2D eigenvalue weighted by Crippen LogP contribution is -2.54. The van der Waals surface area contributed by atoms with Gasteiger partial charge in [-0.15, -0.1) is 24.0 Å². The molecular formula is C15H33IN4O2S2. The zero-order valence-corrected chi connectivity index (χ0v) is 19.3. The second-order valence-electron chi connectivity index (χ2n) is 6.77. The minimum absolute atomic E-state index is 0. The van der Waals surface area contributed by atoms with Gasteiger partial charge in [0.25, 0.3) is 0 Å². The van der Waals surface area contributed by atoms with Crippen LogP contribution in [0.3, 0.4) is 0 Å². The Bertz CT molecular complexity index is 496. The third kappa shape index (κ3) is 10.3. The quantitative estimate of drug-likeness (QED) is 0.288. The molecular weight excluding hydrogens is 459 g/mol. The molecule has 0 radical (unpaired) electrons. The number of nitrogens with zero attached hydrogens (tertiary/aromatic N) is 1. The van der Waals surface area contributed by atoms with Crippen molar-refractivity contribution in [2.24, 2.45) is 4.99 Å². The summed E-state index contributed by atoms with van der Waals surface area (Å²) in [5.41, 5.74) is -0.571. The first-order valence-electron chi connectivity index (χ1n) is 8.23. The van der Waals surface area contributed by atoms with Crippen molar-refractivity contribution in [1.29, 1.82) is 0 Å². The molecule has 0 aromatic rings. The molecule has 6 nitrogen and oxygen atoms in total. The summed E-state index contributed by atoms with van der Waals surface area (Å²) < 4.78 is 25.4. The fourth-order valence-corrected chi connectivity index (χ4v) is 5.14. The molecule has 0 heterocycles. The van der Waals surface area contributed by atoms with Gasteiger partial charge >= 0.3 is 0 Å². The smallest absolute Gasteiger partial charge is 0.209 e. The van der Waals surface area contributed by atoms with Crippen LogP contribution in [0.2, 0.25) is 0 Å². The third-order valence-corrected chi connectivity index (χ3v) is 5.91. The highest BCUT2D eigenvalue weighted by Gasteiger charge is 2.25. The molecule has 0 aliphatic heterocycles. The van der Waals surface area contributed by atoms with Crippen molar-refractivity contribution in [3.63, 3.8) is 0 Å². The number of aliphatic imine (C=N–C) groups is 1. The molecule has 1 rings (SSSR count). The van der Waals surface area contributed by atoms with Crippen LogP contribution in [0.1, 0.15) is 46.5 Å². The number of rotatable bonds is 7. The summed E-state index contributed by atoms with van der Waals surface area (Å²) in [5, 5.41) is 7.44. The lowest BCUT2D eigenvalue weighted by Gasteiger charge is -2.31. The summed E-state index contributed by atoms with van der Waals surface area (Å²) in [5.74, 6) is 1.90. The largest absolute Gasteiger partial charge is 0.355 e. The van der Waals surface area contributed by atoms with Crippen molar-refractivity contribution < 1.29 is 8.42 Å². The Kier molecular flexibility index (Phi) is 11.2. The van der Waals surface area contributed by atoms with Gasteiger partial charge in [-0.25, -0.2) is 13.1 Å². The van der Waals surface area contributed by atoms with Crippen molar-refractivity contribution >= 4 is 51.7 Å². The Labute approximate surface area is 168 Å². The standard InChI is InChI=1S/C15H32N4O2S2.HI/c1-6-22-13-9-7-8-12(10-13)18-14(16-4)17-11-15(2,3)19-23(5,20)21;/h12-13,19H,6-11H2,1-5H3,(H2,16,17,18);1H. The molecule has 1 fully saturated rings. The van der Waals surface area contributed by atoms with E-state index in [4.69, 9.17) is 0 Å². The number of hydrogen-bond donors (Lipinski definition) is 3. The summed E-state index contributed by atoms with van der Waals surface area (Å²) in [7, 11) is -1.49. The highest BCUT2D eigenvalue weighted by Crippen LogP contribution is 2.28. The van der Waals surface area contributed by atoms with E-state index < -0.39 is 15.6 Å². The van der Waals surface area contributed by atoms with Crippen molar-refractivity contribution in [2.45, 2.75) is 63.3 Å². The average Bonchev–Trinajstić information content (AvgIpc) is 2.41. The van der Waals surface area contributed by atoms with Crippen LogP contribution in [0.5, 0.6) is 0 Å². The van der Waals surface area contributed by atoms with E-state index in [0.717, 1.165) is 29.8 Å². The molecule has 1 aliphatic carbocycles. The van der Waals surface area contributed by atoms with E-state index in [1.54, 1.807) is 7.05 Å². The third-order valence-electron chi connectivity index (χ3n) is 3.75. The SMILES string of the molecule is CCSC1CCCC(NC(=NC)NCC(C)(C)NS(C)(=O)=O)C1.I. The molecule has 2 atom stereocenters. The predicted octanol–water partition coefficient (Wildman–Crippen LogP) is 2.16. The zero-order valence-electron chi connectivity index (χ0n) is 15.4. The molecule has 0 aromatic carbocycles. The highest BCUT2D eigenvalue weighted by atomic mass is 127. The maximum atomic E-state index is 11.4. The first-order chi connectivity index (χ1) is 10.6. The molecule has 1 aliphatic rings. The zero-order chi connectivity index (χ0) is 17.5. The number of thioether (sulfide) groups is 1. The van der Waals surface area contributed by atoms with Crippen LogP contribution >= 0.6 is 35.7 Å². The fraction of sp³-hybridized carbons (Fsp3) is 0.933. The van der Waals surface area contributed by atoms with Gasteiger partial charge in [0.1, 0.15) is 0 Å². The molecule has 0 spiro atoms. The summed E-state index contributed by atoms with van der Waals surface area (Å²) in [6.45, 7) is 6.38. The topological polar surface area (TPSA) is 82.6 Å². The van der Waals surface area contributed by atoms with Gasteiger partial charge in [-0.3, -0.25) is 4.99 Å². The molecule has 144 valence electrons. The van der Waals surface area contributed by atoms with Crippen LogP contribution in [-0.2, 0) is 10.0 Å². The number of nitrogens with one attached hydrogen (secondary N) is 3. The van der Waals surface area contributed by atoms with E-state index in [9.17, 15) is 8.42 Å². The predicted molar refractivity (Wildman–Crippen MR) is 116 cm³/mol. The lowest BCUT2D eigenvalue weighted by atomic mass is 9.95. The fourth-order valence-electron chi connectivity index (χ4n) is 2.89. The van der Waals surface area contributed by atoms with E-state index in [0.29, 0.717) is 12.6 Å². The van der Waals surface area contributed by atoms with Gasteiger partial charge in [0.15, 0.2) is 5.96 Å². The summed E-state index contributed by atoms with van der Waals surface area (Å²) in [6.07, 6.45) is 6.04. The maximum Gasteiger partial charge on any atom is 0.209 e. The highest BCUT2D eigenvalue weighted by molar-refractivity contribution is 14.0. The second kappa shape index (κ2) is 11.1. The van der Waals surface area contributed by atoms with E-state index in [1.165, 1.54) is 19.1 Å². The Hall–Kier alpha value is 0.260. The van der Waals surface area contributed by atoms with Gasteiger partial charge in [0.05, 0.1) is 6.26 Å². The first kappa shape index (κ1) is 24.3. The summed E-state index contributed by atoms with van der Waals surface area (Å²) in [6, 6.07) is 0.435. The average molecular weight is 492 g/mol. The lowest BCUT2D eigenvalue weighted by molar-refractivity contribution is 0.411. The first-order valence-corrected chi connectivity index (χ1v) is 11.2. The number of halogens is 1. The normalized spacial score (nSPS) is 22.6. The van der Waals surface area contributed by atoms with Gasteiger partial charge in [-0.2, -0.15) is 11.8 Å². The monoisotopic (exact) mass is 492 g/mol. The van der Waals surface area contributed by atoms with Crippen LogP contribution < -0.4 is 15.4 Å². The Balaban J connectivity index is 0.00000529. The van der Waals surface area contributed by atoms with Gasteiger partial charge in [0, 0.05) is 30.4 Å². The maximum absolute atomic E-state index is 11.4. The van der Waals surface area contributed by atoms with Crippen molar-refractivity contribution in [3.05, 3.63) is 0 Å². The number of guanidine groups is 1. The minimum atomic E-state index is -3.23. The van der Waals surface area contributed by atoms with E-state index in [1.807, 2.05) is 25.6 Å². The van der Waals surface area contributed by atoms with Gasteiger partial charge in [0.2, 0.25) is 10.0 Å². The molecule has 3 N–H and O–H groups in total. The Morgan fingerprint density at radius 1 is 1.33 bits per heavy atom. The van der Waals surface area contributed by atoms with Crippen molar-refractivity contribution in [1.82, 2.24) is 15.4 Å². The van der Waals surface area contributed by atoms with Gasteiger partial charge in [-0.05, 0) is 38.9 Å². The van der Waals surface area contributed by atoms with E-state index in [-0.39, 0.29) is 24.0 Å². The van der Waals surface area contributed by atoms with Crippen LogP contribution in [0.15, 0.2) is 4.99 Å². The van der Waals surface area contributed by atoms with Gasteiger partial charge in [-0.1, -0.05) is 13.3 Å². The van der Waals surface area contributed by atoms with Crippen LogP contribution in [0, 0.1) is 0 Å². The molecule has 0 saturated heterocycles. The van der Waals surface area contributed by atoms with Crippen LogP contribution in [0.25, 0.3) is 0 Å². The molecule has 0 bridgehead atoms. The van der Waals surface area contributed by atoms with Crippen LogP contribution in [-0.4, -0.2) is 56.8 Å². The number of sulfonamides is 1. The van der Waals surface area contributed by atoms with E-state index in [2.05, 4.69) is 27.3 Å². The second-order valence-corrected chi connectivity index (χ2v) is 10.1. The van der Waals surface area contributed by atoms with Gasteiger partial charge < -0.3 is 10.6 Å². The summed E-state index contributed by atoms with van der Waals surface area (Å²) >= 11 is 2.04. The minimum Gasteiger partial charge on any atom is -0.355 e. The molecule has 0 aromatic heterocycles. The molecule has 1 saturated carbocycles. The summed E-state index contributed by atoms with van der Waals surface area (Å²) in [4.78, 5) is 4.26. The Morgan fingerprint density at radius 3 is 2.54 bits per heavy atom. The number of hydrogen-bond acceptors (Lipinski definition) is 4. The molecule has 9 heteroatoms.